The Morgan fingerprint density at radius 3 is 2.77 bits per heavy atom. The number of nitrogens with one attached hydrogen (secondary N) is 1. The van der Waals surface area contributed by atoms with Crippen molar-refractivity contribution in [1.29, 1.82) is 0 Å². The summed E-state index contributed by atoms with van der Waals surface area (Å²) in [7, 11) is 0. The van der Waals surface area contributed by atoms with E-state index in [9.17, 15) is 4.79 Å². The molecule has 0 radical (unpaired) electrons. The van der Waals surface area contributed by atoms with Gasteiger partial charge in [0, 0.05) is 17.3 Å². The molecule has 4 atom stereocenters. The van der Waals surface area contributed by atoms with Crippen LogP contribution in [0.1, 0.15) is 51.1 Å². The molecule has 1 aromatic carbocycles. The Bertz CT molecular complexity index is 463. The van der Waals surface area contributed by atoms with Crippen LogP contribution in [0.25, 0.3) is 0 Å². The number of carbonyl (C=O) groups excluding carboxylic acids is 1. The minimum absolute atomic E-state index is 0.0866. The van der Waals surface area contributed by atoms with E-state index in [1.54, 1.807) is 0 Å². The third kappa shape index (κ3) is 4.75. The first-order valence-corrected chi connectivity index (χ1v) is 9.39. The van der Waals surface area contributed by atoms with Crippen molar-refractivity contribution in [2.75, 3.05) is 5.75 Å². The highest BCUT2D eigenvalue weighted by atomic mass is 32.2. The highest BCUT2D eigenvalue weighted by Crippen LogP contribution is 2.29. The lowest BCUT2D eigenvalue weighted by Gasteiger charge is -2.31. The van der Waals surface area contributed by atoms with Crippen molar-refractivity contribution in [3.63, 3.8) is 0 Å². The van der Waals surface area contributed by atoms with Gasteiger partial charge in [-0.15, -0.1) is 0 Å². The van der Waals surface area contributed by atoms with E-state index in [1.807, 2.05) is 49.0 Å². The van der Waals surface area contributed by atoms with Crippen LogP contribution in [-0.4, -0.2) is 23.0 Å². The van der Waals surface area contributed by atoms with Crippen molar-refractivity contribution in [3.05, 3.63) is 35.9 Å². The number of thioether (sulfide) groups is 1. The lowest BCUT2D eigenvalue weighted by Crippen LogP contribution is -2.43. The number of hydrogen-bond acceptors (Lipinski definition) is 3. The maximum Gasteiger partial charge on any atom is 0.224 e. The minimum Gasteiger partial charge on any atom is -0.353 e. The summed E-state index contributed by atoms with van der Waals surface area (Å²) in [6.07, 6.45) is 4.68. The van der Waals surface area contributed by atoms with Gasteiger partial charge in [0.15, 0.2) is 0 Å². The van der Waals surface area contributed by atoms with Crippen LogP contribution in [0.15, 0.2) is 30.3 Å². The number of carbonyl (C=O) groups is 1. The number of amides is 1. The molecule has 0 aliphatic heterocycles. The molecule has 1 aromatic rings. The van der Waals surface area contributed by atoms with Gasteiger partial charge in [-0.3, -0.25) is 4.79 Å². The zero-order chi connectivity index (χ0) is 15.9. The molecule has 0 heterocycles. The molecule has 1 aliphatic carbocycles. The quantitative estimate of drug-likeness (QED) is 0.843. The maximum absolute atomic E-state index is 12.5. The van der Waals surface area contributed by atoms with Gasteiger partial charge in [-0.2, -0.15) is 11.8 Å². The Balaban J connectivity index is 1.88. The Morgan fingerprint density at radius 1 is 1.36 bits per heavy atom. The normalized spacial score (nSPS) is 24.5. The molecule has 3 nitrogen and oxygen atoms in total. The summed E-state index contributed by atoms with van der Waals surface area (Å²) >= 11 is 2.02. The molecule has 1 saturated carbocycles. The van der Waals surface area contributed by atoms with Crippen LogP contribution in [0.3, 0.4) is 0 Å². The molecule has 0 spiro atoms. The summed E-state index contributed by atoms with van der Waals surface area (Å²) in [5.41, 5.74) is 7.28. The molecule has 4 unspecified atom stereocenters. The first-order chi connectivity index (χ1) is 10.6. The first-order valence-electron chi connectivity index (χ1n) is 8.34. The highest BCUT2D eigenvalue weighted by Gasteiger charge is 2.27. The Labute approximate surface area is 138 Å². The topological polar surface area (TPSA) is 55.1 Å². The van der Waals surface area contributed by atoms with Gasteiger partial charge in [0.1, 0.15) is 0 Å². The van der Waals surface area contributed by atoms with Gasteiger partial charge in [-0.05, 0) is 30.6 Å². The third-order valence-electron chi connectivity index (χ3n) is 4.51. The smallest absolute Gasteiger partial charge is 0.224 e. The molecule has 4 heteroatoms. The van der Waals surface area contributed by atoms with E-state index < -0.39 is 0 Å². The summed E-state index contributed by atoms with van der Waals surface area (Å²) < 4.78 is 0. The van der Waals surface area contributed by atoms with Gasteiger partial charge in [0.05, 0.1) is 5.92 Å². The number of hydrogen-bond donors (Lipinski definition) is 2. The summed E-state index contributed by atoms with van der Waals surface area (Å²) in [6, 6.07) is 9.95. The summed E-state index contributed by atoms with van der Waals surface area (Å²) in [5, 5.41) is 3.92. The molecule has 3 N–H and O–H groups in total. The Hall–Kier alpha value is -1.00. The average molecular weight is 321 g/mol. The molecule has 0 saturated heterocycles. The molecule has 1 aliphatic rings. The van der Waals surface area contributed by atoms with Crippen molar-refractivity contribution in [3.8, 4) is 0 Å². The van der Waals surface area contributed by atoms with E-state index in [2.05, 4.69) is 12.2 Å². The van der Waals surface area contributed by atoms with Crippen molar-refractivity contribution < 1.29 is 4.79 Å². The second-order valence-electron chi connectivity index (χ2n) is 6.17. The number of benzene rings is 1. The standard InChI is InChI=1S/C18H28N2OS/c1-3-22-16-11-7-10-15(12-16)20-18(21)13(2)17(19)14-8-5-4-6-9-14/h4-6,8-9,13,15-17H,3,7,10-12,19H2,1-2H3,(H,20,21). The van der Waals surface area contributed by atoms with Crippen molar-refractivity contribution >= 4 is 17.7 Å². The van der Waals surface area contributed by atoms with E-state index in [1.165, 1.54) is 12.8 Å². The Morgan fingerprint density at radius 2 is 2.09 bits per heavy atom. The lowest BCUT2D eigenvalue weighted by molar-refractivity contribution is -0.126. The van der Waals surface area contributed by atoms with Crippen LogP contribution >= 0.6 is 11.8 Å². The summed E-state index contributed by atoms with van der Waals surface area (Å²) in [6.45, 7) is 4.13. The maximum atomic E-state index is 12.5. The molecule has 1 fully saturated rings. The predicted octanol–water partition coefficient (Wildman–Crippen LogP) is 3.50. The van der Waals surface area contributed by atoms with E-state index in [0.717, 1.165) is 24.2 Å². The van der Waals surface area contributed by atoms with Gasteiger partial charge in [-0.25, -0.2) is 0 Å². The molecule has 122 valence electrons. The zero-order valence-electron chi connectivity index (χ0n) is 13.6. The van der Waals surface area contributed by atoms with E-state index in [0.29, 0.717) is 11.3 Å². The fourth-order valence-electron chi connectivity index (χ4n) is 3.12. The van der Waals surface area contributed by atoms with Gasteiger partial charge >= 0.3 is 0 Å². The molecule has 2 rings (SSSR count). The molecule has 0 bridgehead atoms. The van der Waals surface area contributed by atoms with Crippen LogP contribution in [0, 0.1) is 5.92 Å². The van der Waals surface area contributed by atoms with Crippen LogP contribution in [0.2, 0.25) is 0 Å². The summed E-state index contributed by atoms with van der Waals surface area (Å²) in [4.78, 5) is 12.5. The molecule has 1 amide bonds. The van der Waals surface area contributed by atoms with E-state index >= 15 is 0 Å². The largest absolute Gasteiger partial charge is 0.353 e. The van der Waals surface area contributed by atoms with Gasteiger partial charge < -0.3 is 11.1 Å². The SMILES string of the molecule is CCSC1CCCC(NC(=O)C(C)C(N)c2ccccc2)C1. The molecular weight excluding hydrogens is 292 g/mol. The number of rotatable bonds is 6. The second-order valence-corrected chi connectivity index (χ2v) is 7.75. The molecule has 22 heavy (non-hydrogen) atoms. The molecule has 0 aromatic heterocycles. The van der Waals surface area contributed by atoms with Crippen molar-refractivity contribution in [2.24, 2.45) is 11.7 Å². The molecular formula is C18H28N2OS. The van der Waals surface area contributed by atoms with Gasteiger partial charge in [0.25, 0.3) is 0 Å². The van der Waals surface area contributed by atoms with Crippen LogP contribution < -0.4 is 11.1 Å². The van der Waals surface area contributed by atoms with Crippen molar-refractivity contribution in [1.82, 2.24) is 5.32 Å². The van der Waals surface area contributed by atoms with Gasteiger partial charge in [0.2, 0.25) is 5.91 Å². The number of nitrogens with two attached hydrogens (primary N) is 1. The van der Waals surface area contributed by atoms with Crippen molar-refractivity contribution in [2.45, 2.75) is 56.9 Å². The third-order valence-corrected chi connectivity index (χ3v) is 5.74. The van der Waals surface area contributed by atoms with E-state index in [-0.39, 0.29) is 17.9 Å². The first kappa shape index (κ1) is 17.4. The fourth-order valence-corrected chi connectivity index (χ4v) is 4.30. The van der Waals surface area contributed by atoms with Crippen LogP contribution in [0.4, 0.5) is 0 Å². The van der Waals surface area contributed by atoms with Crippen LogP contribution in [0.5, 0.6) is 0 Å². The van der Waals surface area contributed by atoms with Gasteiger partial charge in [-0.1, -0.05) is 50.6 Å². The zero-order valence-corrected chi connectivity index (χ0v) is 14.4. The van der Waals surface area contributed by atoms with E-state index in [4.69, 9.17) is 5.73 Å². The minimum atomic E-state index is -0.245. The monoisotopic (exact) mass is 320 g/mol. The summed E-state index contributed by atoms with van der Waals surface area (Å²) in [5.74, 6) is 1.03. The fraction of sp³-hybridized carbons (Fsp3) is 0.611. The second kappa shape index (κ2) is 8.59. The van der Waals surface area contributed by atoms with Crippen LogP contribution in [-0.2, 0) is 4.79 Å². The Kier molecular flexibility index (Phi) is 6.77. The highest BCUT2D eigenvalue weighted by molar-refractivity contribution is 7.99. The average Bonchev–Trinajstić information content (AvgIpc) is 2.55. The lowest BCUT2D eigenvalue weighted by atomic mass is 9.92. The predicted molar refractivity (Wildman–Crippen MR) is 94.9 cm³/mol.